The van der Waals surface area contributed by atoms with Crippen molar-refractivity contribution in [2.75, 3.05) is 25.0 Å². The van der Waals surface area contributed by atoms with Gasteiger partial charge in [0.15, 0.2) is 6.61 Å². The third-order valence-corrected chi connectivity index (χ3v) is 5.05. The van der Waals surface area contributed by atoms with Crippen molar-refractivity contribution in [1.82, 2.24) is 10.2 Å². The van der Waals surface area contributed by atoms with Crippen LogP contribution in [0.25, 0.3) is 0 Å². The maximum Gasteiger partial charge on any atom is 0.262 e. The van der Waals surface area contributed by atoms with Crippen LogP contribution in [0.1, 0.15) is 36.0 Å². The minimum absolute atomic E-state index is 0.00225. The van der Waals surface area contributed by atoms with Crippen LogP contribution < -0.4 is 15.4 Å². The van der Waals surface area contributed by atoms with Crippen LogP contribution in [-0.4, -0.2) is 48.5 Å². The van der Waals surface area contributed by atoms with E-state index in [1.54, 1.807) is 18.2 Å². The first-order chi connectivity index (χ1) is 11.2. The van der Waals surface area contributed by atoms with Crippen molar-refractivity contribution in [3.63, 3.8) is 0 Å². The lowest BCUT2D eigenvalue weighted by Crippen LogP contribution is -2.46. The van der Waals surface area contributed by atoms with Gasteiger partial charge in [-0.15, -0.1) is 0 Å². The van der Waals surface area contributed by atoms with Gasteiger partial charge in [-0.05, 0) is 44.0 Å². The quantitative estimate of drug-likeness (QED) is 0.865. The Balaban J connectivity index is 1.46. The van der Waals surface area contributed by atoms with Crippen molar-refractivity contribution in [3.05, 3.63) is 23.8 Å². The Morgan fingerprint density at radius 3 is 3.09 bits per heavy atom. The molecular formula is C17H21N3O3. The normalized spacial score (nSPS) is 26.7. The number of rotatable bonds is 2. The van der Waals surface area contributed by atoms with Crippen LogP contribution >= 0.6 is 0 Å². The molecule has 0 bridgehead atoms. The van der Waals surface area contributed by atoms with E-state index < -0.39 is 0 Å². The second kappa shape index (κ2) is 5.85. The molecule has 4 rings (SSSR count). The molecule has 2 fully saturated rings. The summed E-state index contributed by atoms with van der Waals surface area (Å²) in [6.45, 7) is 2.23. The average Bonchev–Trinajstić information content (AvgIpc) is 2.97. The zero-order valence-corrected chi connectivity index (χ0v) is 13.0. The monoisotopic (exact) mass is 315 g/mol. The van der Waals surface area contributed by atoms with Gasteiger partial charge in [-0.2, -0.15) is 0 Å². The highest BCUT2D eigenvalue weighted by atomic mass is 16.5. The topological polar surface area (TPSA) is 70.7 Å². The summed E-state index contributed by atoms with van der Waals surface area (Å²) in [6, 6.07) is 5.89. The summed E-state index contributed by atoms with van der Waals surface area (Å²) < 4.78 is 5.38. The Morgan fingerprint density at radius 1 is 1.26 bits per heavy atom. The number of benzene rings is 1. The van der Waals surface area contributed by atoms with Gasteiger partial charge in [0.2, 0.25) is 0 Å². The van der Waals surface area contributed by atoms with Crippen molar-refractivity contribution in [1.29, 1.82) is 0 Å². The van der Waals surface area contributed by atoms with Crippen molar-refractivity contribution in [2.45, 2.75) is 37.8 Å². The lowest BCUT2D eigenvalue weighted by molar-refractivity contribution is -0.118. The molecule has 0 saturated carbocycles. The molecule has 2 saturated heterocycles. The summed E-state index contributed by atoms with van der Waals surface area (Å²) in [6.07, 6.45) is 4.71. The molecule has 122 valence electrons. The molecule has 3 aliphatic rings. The van der Waals surface area contributed by atoms with E-state index in [0.29, 0.717) is 23.0 Å². The number of hydrogen-bond acceptors (Lipinski definition) is 4. The van der Waals surface area contributed by atoms with Crippen LogP contribution in [0, 0.1) is 0 Å². The summed E-state index contributed by atoms with van der Waals surface area (Å²) in [5.41, 5.74) is 1.20. The van der Waals surface area contributed by atoms with Crippen LogP contribution in [0.2, 0.25) is 0 Å². The lowest BCUT2D eigenvalue weighted by Gasteiger charge is -2.32. The Labute approximate surface area is 135 Å². The van der Waals surface area contributed by atoms with Crippen molar-refractivity contribution in [3.8, 4) is 5.75 Å². The van der Waals surface area contributed by atoms with Gasteiger partial charge in [0, 0.05) is 24.2 Å². The predicted octanol–water partition coefficient (Wildman–Crippen LogP) is 1.37. The van der Waals surface area contributed by atoms with Crippen LogP contribution in [-0.2, 0) is 4.79 Å². The summed E-state index contributed by atoms with van der Waals surface area (Å²) in [4.78, 5) is 26.3. The van der Waals surface area contributed by atoms with Gasteiger partial charge in [0.1, 0.15) is 5.75 Å². The fourth-order valence-corrected chi connectivity index (χ4v) is 3.88. The maximum absolute atomic E-state index is 12.6. The van der Waals surface area contributed by atoms with Crippen molar-refractivity contribution in [2.24, 2.45) is 0 Å². The number of piperidine rings is 1. The summed E-state index contributed by atoms with van der Waals surface area (Å²) in [7, 11) is 0. The second-order valence-corrected chi connectivity index (χ2v) is 6.52. The molecule has 6 nitrogen and oxygen atoms in total. The van der Waals surface area contributed by atoms with Gasteiger partial charge in [0.05, 0.1) is 5.69 Å². The molecular weight excluding hydrogens is 294 g/mol. The zero-order chi connectivity index (χ0) is 15.8. The number of ether oxygens (including phenoxy) is 1. The number of carbonyl (C=O) groups is 2. The number of hydrogen-bond donors (Lipinski definition) is 2. The molecule has 23 heavy (non-hydrogen) atoms. The number of nitrogens with zero attached hydrogens (tertiary/aromatic N) is 1. The minimum Gasteiger partial charge on any atom is -0.482 e. The van der Waals surface area contributed by atoms with Gasteiger partial charge >= 0.3 is 0 Å². The Bertz CT molecular complexity index is 646. The van der Waals surface area contributed by atoms with E-state index in [4.69, 9.17) is 4.74 Å². The Kier molecular flexibility index (Phi) is 3.69. The van der Waals surface area contributed by atoms with Crippen LogP contribution in [0.3, 0.4) is 0 Å². The number of carbonyl (C=O) groups excluding carboxylic acids is 2. The smallest absolute Gasteiger partial charge is 0.262 e. The minimum atomic E-state index is -0.168. The number of anilines is 1. The average molecular weight is 315 g/mol. The van der Waals surface area contributed by atoms with E-state index in [0.717, 1.165) is 19.5 Å². The highest BCUT2D eigenvalue weighted by Crippen LogP contribution is 2.30. The fourth-order valence-electron chi connectivity index (χ4n) is 3.88. The molecule has 1 aromatic rings. The van der Waals surface area contributed by atoms with E-state index >= 15 is 0 Å². The van der Waals surface area contributed by atoms with E-state index in [-0.39, 0.29) is 24.5 Å². The van der Waals surface area contributed by atoms with Gasteiger partial charge < -0.3 is 15.4 Å². The first-order valence-corrected chi connectivity index (χ1v) is 8.32. The molecule has 1 aromatic carbocycles. The van der Waals surface area contributed by atoms with E-state index in [1.165, 1.54) is 19.3 Å². The first kappa shape index (κ1) is 14.5. The molecule has 0 aliphatic carbocycles. The van der Waals surface area contributed by atoms with E-state index in [9.17, 15) is 9.59 Å². The van der Waals surface area contributed by atoms with Gasteiger partial charge in [-0.25, -0.2) is 0 Å². The van der Waals surface area contributed by atoms with E-state index in [1.807, 2.05) is 0 Å². The molecule has 2 amide bonds. The van der Waals surface area contributed by atoms with Crippen LogP contribution in [0.4, 0.5) is 5.69 Å². The third-order valence-electron chi connectivity index (χ3n) is 5.05. The fraction of sp³-hybridized carbons (Fsp3) is 0.529. The van der Waals surface area contributed by atoms with E-state index in [2.05, 4.69) is 15.5 Å². The van der Waals surface area contributed by atoms with Crippen LogP contribution in [0.5, 0.6) is 5.75 Å². The molecule has 0 aromatic heterocycles. The standard InChI is InChI=1S/C17H21N3O3/c21-16-10-23-15-9-11(4-5-13(15)18-16)17(22)19-12-6-8-20-7-2-1-3-14(12)20/h4-5,9,12,14H,1-3,6-8,10H2,(H,18,21)(H,19,22). The lowest BCUT2D eigenvalue weighted by atomic mass is 9.98. The molecule has 2 N–H and O–H groups in total. The highest BCUT2D eigenvalue weighted by molar-refractivity contribution is 5.99. The highest BCUT2D eigenvalue weighted by Gasteiger charge is 2.36. The molecule has 3 heterocycles. The molecule has 3 aliphatic heterocycles. The molecule has 0 radical (unpaired) electrons. The van der Waals surface area contributed by atoms with Crippen molar-refractivity contribution >= 4 is 17.5 Å². The summed E-state index contributed by atoms with van der Waals surface area (Å²) in [5.74, 6) is 0.326. The number of amides is 2. The molecule has 0 spiro atoms. The van der Waals surface area contributed by atoms with Gasteiger partial charge in [0.25, 0.3) is 11.8 Å². The predicted molar refractivity (Wildman–Crippen MR) is 85.6 cm³/mol. The van der Waals surface area contributed by atoms with Crippen LogP contribution in [0.15, 0.2) is 18.2 Å². The Morgan fingerprint density at radius 2 is 2.17 bits per heavy atom. The largest absolute Gasteiger partial charge is 0.482 e. The number of fused-ring (bicyclic) bond motifs is 2. The summed E-state index contributed by atoms with van der Waals surface area (Å²) in [5, 5.41) is 5.92. The summed E-state index contributed by atoms with van der Waals surface area (Å²) >= 11 is 0. The van der Waals surface area contributed by atoms with Crippen molar-refractivity contribution < 1.29 is 14.3 Å². The maximum atomic E-state index is 12.6. The molecule has 6 heteroatoms. The third kappa shape index (κ3) is 2.79. The first-order valence-electron chi connectivity index (χ1n) is 8.32. The number of nitrogens with one attached hydrogen (secondary N) is 2. The van der Waals surface area contributed by atoms with Gasteiger partial charge in [-0.1, -0.05) is 6.42 Å². The molecule has 2 atom stereocenters. The zero-order valence-electron chi connectivity index (χ0n) is 13.0. The second-order valence-electron chi connectivity index (χ2n) is 6.52. The Hall–Kier alpha value is -2.08. The molecule has 2 unspecified atom stereocenters. The SMILES string of the molecule is O=C1COc2cc(C(=O)NC3CCN4CCCCC34)ccc2N1. The van der Waals surface area contributed by atoms with Gasteiger partial charge in [-0.3, -0.25) is 14.5 Å².